The number of hydrogen-bond acceptors (Lipinski definition) is 5. The number of nitrogens with zero attached hydrogens (tertiary/aromatic N) is 2. The van der Waals surface area contributed by atoms with Gasteiger partial charge in [-0.15, -0.1) is 0 Å². The first kappa shape index (κ1) is 14.2. The van der Waals surface area contributed by atoms with Crippen LogP contribution in [-0.2, 0) is 10.0 Å². The SMILES string of the molecule is NCCC1CCN(c2ccc(S(N)(=O)=O)cn2)CC1. The van der Waals surface area contributed by atoms with Crippen LogP contribution in [0.2, 0.25) is 0 Å². The second-order valence-electron chi connectivity index (χ2n) is 4.90. The van der Waals surface area contributed by atoms with Crippen molar-refractivity contribution in [2.45, 2.75) is 24.2 Å². The lowest BCUT2D eigenvalue weighted by Crippen LogP contribution is -2.34. The molecule has 0 unspecified atom stereocenters. The third-order valence-corrected chi connectivity index (χ3v) is 4.46. The quantitative estimate of drug-likeness (QED) is 0.827. The topological polar surface area (TPSA) is 102 Å². The van der Waals surface area contributed by atoms with Crippen molar-refractivity contribution in [1.29, 1.82) is 0 Å². The number of hydrogen-bond donors (Lipinski definition) is 2. The van der Waals surface area contributed by atoms with Crippen molar-refractivity contribution in [3.8, 4) is 0 Å². The number of pyridine rings is 1. The maximum absolute atomic E-state index is 11.1. The molecular formula is C12H20N4O2S. The number of sulfonamides is 1. The fraction of sp³-hybridized carbons (Fsp3) is 0.583. The Bertz CT molecular complexity index is 507. The molecule has 2 heterocycles. The van der Waals surface area contributed by atoms with E-state index in [9.17, 15) is 8.42 Å². The summed E-state index contributed by atoms with van der Waals surface area (Å²) in [6.07, 6.45) is 4.61. The van der Waals surface area contributed by atoms with Gasteiger partial charge in [-0.2, -0.15) is 0 Å². The molecule has 0 amide bonds. The van der Waals surface area contributed by atoms with E-state index in [1.165, 1.54) is 12.3 Å². The highest BCUT2D eigenvalue weighted by Crippen LogP contribution is 2.23. The van der Waals surface area contributed by atoms with Gasteiger partial charge in [-0.1, -0.05) is 0 Å². The van der Waals surface area contributed by atoms with Gasteiger partial charge in [0, 0.05) is 19.3 Å². The van der Waals surface area contributed by atoms with Gasteiger partial charge in [-0.25, -0.2) is 18.5 Å². The third-order valence-electron chi connectivity index (χ3n) is 3.56. The van der Waals surface area contributed by atoms with Crippen molar-refractivity contribution < 1.29 is 8.42 Å². The summed E-state index contributed by atoms with van der Waals surface area (Å²) in [5.74, 6) is 1.50. The van der Waals surface area contributed by atoms with Crippen molar-refractivity contribution in [2.24, 2.45) is 16.8 Å². The Kier molecular flexibility index (Phi) is 4.38. The fourth-order valence-corrected chi connectivity index (χ4v) is 2.87. The van der Waals surface area contributed by atoms with Gasteiger partial charge in [-0.05, 0) is 43.9 Å². The first-order valence-electron chi connectivity index (χ1n) is 6.44. The van der Waals surface area contributed by atoms with Crippen LogP contribution in [-0.4, -0.2) is 33.0 Å². The van der Waals surface area contributed by atoms with Crippen LogP contribution < -0.4 is 15.8 Å². The normalized spacial score (nSPS) is 17.7. The second kappa shape index (κ2) is 5.85. The molecule has 1 aliphatic heterocycles. The smallest absolute Gasteiger partial charge is 0.239 e. The predicted octanol–water partition coefficient (Wildman–Crippen LogP) is 0.294. The van der Waals surface area contributed by atoms with Gasteiger partial charge in [-0.3, -0.25) is 0 Å². The lowest BCUT2D eigenvalue weighted by atomic mass is 9.94. The highest BCUT2D eigenvalue weighted by Gasteiger charge is 2.19. The van der Waals surface area contributed by atoms with Crippen LogP contribution in [0.15, 0.2) is 23.2 Å². The Balaban J connectivity index is 2.00. The predicted molar refractivity (Wildman–Crippen MR) is 74.2 cm³/mol. The van der Waals surface area contributed by atoms with E-state index in [0.29, 0.717) is 5.92 Å². The summed E-state index contributed by atoms with van der Waals surface area (Å²) in [6, 6.07) is 3.21. The average molecular weight is 284 g/mol. The fourth-order valence-electron chi connectivity index (χ4n) is 2.41. The van der Waals surface area contributed by atoms with Gasteiger partial charge in [0.15, 0.2) is 0 Å². The van der Waals surface area contributed by atoms with Crippen molar-refractivity contribution in [3.05, 3.63) is 18.3 Å². The Morgan fingerprint density at radius 2 is 2.00 bits per heavy atom. The minimum atomic E-state index is -3.66. The molecule has 4 N–H and O–H groups in total. The van der Waals surface area contributed by atoms with E-state index in [4.69, 9.17) is 10.9 Å². The number of piperidine rings is 1. The van der Waals surface area contributed by atoms with Crippen molar-refractivity contribution in [2.75, 3.05) is 24.5 Å². The first-order valence-corrected chi connectivity index (χ1v) is 7.99. The minimum absolute atomic E-state index is 0.0502. The summed E-state index contributed by atoms with van der Waals surface area (Å²) >= 11 is 0. The lowest BCUT2D eigenvalue weighted by molar-refractivity contribution is 0.385. The van der Waals surface area contributed by atoms with Gasteiger partial charge in [0.1, 0.15) is 10.7 Å². The van der Waals surface area contributed by atoms with Gasteiger partial charge in [0.05, 0.1) is 0 Å². The molecule has 1 saturated heterocycles. The zero-order chi connectivity index (χ0) is 13.9. The van der Waals surface area contributed by atoms with E-state index in [0.717, 1.165) is 44.7 Å². The molecule has 0 aliphatic carbocycles. The molecule has 106 valence electrons. The molecule has 0 saturated carbocycles. The first-order chi connectivity index (χ1) is 9.00. The van der Waals surface area contributed by atoms with Crippen LogP contribution >= 0.6 is 0 Å². The van der Waals surface area contributed by atoms with E-state index >= 15 is 0 Å². The number of primary sulfonamides is 1. The number of aromatic nitrogens is 1. The zero-order valence-electron chi connectivity index (χ0n) is 10.8. The molecule has 0 radical (unpaired) electrons. The Morgan fingerprint density at radius 1 is 1.32 bits per heavy atom. The molecular weight excluding hydrogens is 264 g/mol. The Labute approximate surface area is 113 Å². The summed E-state index contributed by atoms with van der Waals surface area (Å²) in [6.45, 7) is 2.62. The molecule has 6 nitrogen and oxygen atoms in total. The van der Waals surface area contributed by atoms with Gasteiger partial charge in [0.2, 0.25) is 10.0 Å². The van der Waals surface area contributed by atoms with E-state index in [1.54, 1.807) is 6.07 Å². The van der Waals surface area contributed by atoms with Gasteiger partial charge in [0.25, 0.3) is 0 Å². The molecule has 1 aromatic rings. The molecule has 0 bridgehead atoms. The third kappa shape index (κ3) is 3.65. The van der Waals surface area contributed by atoms with E-state index in [2.05, 4.69) is 9.88 Å². The van der Waals surface area contributed by atoms with Gasteiger partial charge < -0.3 is 10.6 Å². The number of anilines is 1. The maximum Gasteiger partial charge on any atom is 0.239 e. The van der Waals surface area contributed by atoms with Crippen molar-refractivity contribution in [1.82, 2.24) is 4.98 Å². The highest BCUT2D eigenvalue weighted by atomic mass is 32.2. The monoisotopic (exact) mass is 284 g/mol. The van der Waals surface area contributed by atoms with Crippen LogP contribution in [0.5, 0.6) is 0 Å². The van der Waals surface area contributed by atoms with E-state index in [-0.39, 0.29) is 4.90 Å². The number of nitrogens with two attached hydrogens (primary N) is 2. The summed E-state index contributed by atoms with van der Waals surface area (Å²) in [4.78, 5) is 6.40. The summed E-state index contributed by atoms with van der Waals surface area (Å²) in [5.41, 5.74) is 5.57. The van der Waals surface area contributed by atoms with Crippen LogP contribution in [0.25, 0.3) is 0 Å². The van der Waals surface area contributed by atoms with Gasteiger partial charge >= 0.3 is 0 Å². The molecule has 2 rings (SSSR count). The number of rotatable bonds is 4. The van der Waals surface area contributed by atoms with Crippen LogP contribution in [0.3, 0.4) is 0 Å². The minimum Gasteiger partial charge on any atom is -0.357 e. The molecule has 7 heteroatoms. The van der Waals surface area contributed by atoms with Crippen LogP contribution in [0, 0.1) is 5.92 Å². The van der Waals surface area contributed by atoms with Crippen LogP contribution in [0.1, 0.15) is 19.3 Å². The maximum atomic E-state index is 11.1. The molecule has 1 aromatic heterocycles. The van der Waals surface area contributed by atoms with Crippen LogP contribution in [0.4, 0.5) is 5.82 Å². The molecule has 0 atom stereocenters. The second-order valence-corrected chi connectivity index (χ2v) is 6.47. The molecule has 0 aromatic carbocycles. The van der Waals surface area contributed by atoms with E-state index in [1.807, 2.05) is 0 Å². The zero-order valence-corrected chi connectivity index (χ0v) is 11.6. The Morgan fingerprint density at radius 3 is 2.47 bits per heavy atom. The Hall–Kier alpha value is -1.18. The summed E-state index contributed by atoms with van der Waals surface area (Å²) in [5, 5.41) is 5.04. The molecule has 1 fully saturated rings. The summed E-state index contributed by atoms with van der Waals surface area (Å²) < 4.78 is 22.3. The largest absolute Gasteiger partial charge is 0.357 e. The molecule has 0 spiro atoms. The van der Waals surface area contributed by atoms with Crippen molar-refractivity contribution in [3.63, 3.8) is 0 Å². The molecule has 19 heavy (non-hydrogen) atoms. The average Bonchev–Trinajstić information content (AvgIpc) is 2.39. The lowest BCUT2D eigenvalue weighted by Gasteiger charge is -2.32. The van der Waals surface area contributed by atoms with E-state index < -0.39 is 10.0 Å². The summed E-state index contributed by atoms with van der Waals surface area (Å²) in [7, 11) is -3.66. The molecule has 1 aliphatic rings. The van der Waals surface area contributed by atoms with Crippen molar-refractivity contribution >= 4 is 15.8 Å². The highest BCUT2D eigenvalue weighted by molar-refractivity contribution is 7.89. The standard InChI is InChI=1S/C12H20N4O2S/c13-6-3-10-4-7-16(8-5-10)12-2-1-11(9-15-12)19(14,17)18/h1-2,9-10H,3-8,13H2,(H2,14,17,18).